The van der Waals surface area contributed by atoms with Gasteiger partial charge in [0.2, 0.25) is 0 Å². The first kappa shape index (κ1) is 50.7. The van der Waals surface area contributed by atoms with Crippen molar-refractivity contribution in [2.45, 2.75) is 28.2 Å². The lowest BCUT2D eigenvalue weighted by Crippen LogP contribution is -2.05. The Morgan fingerprint density at radius 3 is 1.94 bits per heavy atom. The zero-order chi connectivity index (χ0) is 51.5. The number of nitriles is 2. The Morgan fingerprint density at radius 2 is 1.26 bits per heavy atom. The number of nitrogens with zero attached hydrogens (tertiary/aromatic N) is 7. The van der Waals surface area contributed by atoms with Crippen molar-refractivity contribution < 1.29 is 38.9 Å². The Bertz CT molecular complexity index is 3980. The van der Waals surface area contributed by atoms with Crippen LogP contribution in [0.4, 0.5) is 50.1 Å². The number of fused-ring (bicyclic) bond motifs is 1. The van der Waals surface area contributed by atoms with Crippen LogP contribution >= 0.6 is 34.5 Å². The van der Waals surface area contributed by atoms with Gasteiger partial charge >= 0.3 is 0 Å². The highest BCUT2D eigenvalue weighted by molar-refractivity contribution is 7.86. The number of hydrogen-bond donors (Lipinski definition) is 6. The van der Waals surface area contributed by atoms with Crippen molar-refractivity contribution >= 4 is 126 Å². The smallest absolute Gasteiger partial charge is 0.296 e. The Morgan fingerprint density at radius 1 is 0.611 bits per heavy atom. The van der Waals surface area contributed by atoms with Gasteiger partial charge in [0.15, 0.2) is 16.6 Å². The highest BCUT2D eigenvalue weighted by atomic mass is 35.5. The van der Waals surface area contributed by atoms with Gasteiger partial charge in [-0.05, 0) is 90.8 Å². The fraction of sp³-hybridized carbons (Fsp3) is 0.0426. The molecule has 0 aliphatic carbocycles. The number of hydrogen-bond acceptors (Lipinski definition) is 17. The summed E-state index contributed by atoms with van der Waals surface area (Å²) >= 11 is 13.0. The molecule has 0 bridgehead atoms. The number of aromatic nitrogens is 1. The Hall–Kier alpha value is -7.68. The molecule has 0 atom stereocenters. The molecule has 72 heavy (non-hydrogen) atoms. The van der Waals surface area contributed by atoms with Crippen LogP contribution in [0, 0.1) is 29.6 Å². The van der Waals surface area contributed by atoms with Crippen molar-refractivity contribution in [3.8, 4) is 23.3 Å². The second kappa shape index (κ2) is 20.6. The van der Waals surface area contributed by atoms with Gasteiger partial charge in [-0.15, -0.1) is 20.5 Å². The minimum atomic E-state index is -5.01. The van der Waals surface area contributed by atoms with E-state index in [1.54, 1.807) is 49.4 Å². The van der Waals surface area contributed by atoms with Gasteiger partial charge in [-0.1, -0.05) is 89.1 Å². The quantitative estimate of drug-likeness (QED) is 0.0411. The van der Waals surface area contributed by atoms with E-state index < -0.39 is 45.0 Å². The zero-order valence-electron chi connectivity index (χ0n) is 36.6. The van der Waals surface area contributed by atoms with Crippen LogP contribution in [0.2, 0.25) is 10.0 Å². The molecule has 0 amide bonds. The lowest BCUT2D eigenvalue weighted by atomic mass is 10.0. The topological polar surface area (TPSA) is 309 Å². The first-order chi connectivity index (χ1) is 34.2. The molecule has 362 valence electrons. The van der Waals surface area contributed by atoms with E-state index in [4.69, 9.17) is 23.2 Å². The molecule has 8 rings (SSSR count). The van der Waals surface area contributed by atoms with Crippen LogP contribution in [0.25, 0.3) is 21.9 Å². The van der Waals surface area contributed by atoms with Gasteiger partial charge in [0.25, 0.3) is 30.4 Å². The molecule has 2 aromatic heterocycles. The summed E-state index contributed by atoms with van der Waals surface area (Å²) in [6.45, 7) is 1.99. The first-order valence-electron chi connectivity index (χ1n) is 20.5. The summed E-state index contributed by atoms with van der Waals surface area (Å²) in [6, 6.07) is 36.6. The summed E-state index contributed by atoms with van der Waals surface area (Å²) in [7, 11) is -14.7. The average molecular weight is 1080 g/mol. The summed E-state index contributed by atoms with van der Waals surface area (Å²) in [5, 5.41) is 48.1. The number of pyridine rings is 1. The van der Waals surface area contributed by atoms with Crippen LogP contribution in [-0.2, 0) is 36.9 Å². The van der Waals surface area contributed by atoms with E-state index in [1.165, 1.54) is 24.3 Å². The lowest BCUT2D eigenvalue weighted by molar-refractivity contribution is 0.481. The maximum absolute atomic E-state index is 12.6. The number of azo groups is 2. The van der Waals surface area contributed by atoms with E-state index in [0.717, 1.165) is 41.2 Å². The van der Waals surface area contributed by atoms with Crippen molar-refractivity contribution in [3.05, 3.63) is 160 Å². The molecule has 6 N–H and O–H groups in total. The number of rotatable bonds is 15. The molecule has 25 heteroatoms. The molecule has 2 heterocycles. The number of anilines is 5. The van der Waals surface area contributed by atoms with Crippen LogP contribution in [-0.4, -0.2) is 43.9 Å². The summed E-state index contributed by atoms with van der Waals surface area (Å²) in [6.07, 6.45) is 0. The van der Waals surface area contributed by atoms with Crippen LogP contribution in [0.1, 0.15) is 22.3 Å². The molecule has 0 aliphatic rings. The third-order valence-electron chi connectivity index (χ3n) is 10.5. The highest BCUT2D eigenvalue weighted by Gasteiger charge is 2.25. The minimum absolute atomic E-state index is 0.0134. The van der Waals surface area contributed by atoms with Gasteiger partial charge in [0, 0.05) is 50.5 Å². The third-order valence-corrected chi connectivity index (χ3v) is 14.9. The van der Waals surface area contributed by atoms with Gasteiger partial charge in [-0.25, -0.2) is 4.98 Å². The largest absolute Gasteiger partial charge is 0.381 e. The monoisotopic (exact) mass is 1080 g/mol. The van der Waals surface area contributed by atoms with Gasteiger partial charge in [0.05, 0.1) is 16.3 Å². The van der Waals surface area contributed by atoms with E-state index in [1.807, 2.05) is 36.4 Å². The Balaban J connectivity index is 1.29. The SMILES string of the molecule is Cc1c(C#N)c(Nc2ccc(Cl)c(S(=O)(=O)O)c2)nc(Nc2ccc(Cl)cc2)c1N=Nc1sc(/N=N/c2cc(S(=O)(=O)O)c3cccc(S(=O)(=O)O)c3c2)c(-c2cccc(NCc3ccccc3)c2)c1C#N. The number of nitrogens with one attached hydrogen (secondary N) is 3. The fourth-order valence-electron chi connectivity index (χ4n) is 7.23. The second-order valence-corrected chi connectivity index (χ2v) is 21.3. The minimum Gasteiger partial charge on any atom is -0.381 e. The second-order valence-electron chi connectivity index (χ2n) is 15.3. The van der Waals surface area contributed by atoms with Crippen molar-refractivity contribution in [1.29, 1.82) is 10.5 Å². The number of benzene rings is 6. The molecule has 0 saturated heterocycles. The van der Waals surface area contributed by atoms with E-state index >= 15 is 0 Å². The molecule has 0 unspecified atom stereocenters. The molecule has 0 aliphatic heterocycles. The number of thiophene rings is 1. The predicted molar refractivity (Wildman–Crippen MR) is 273 cm³/mol. The van der Waals surface area contributed by atoms with E-state index in [0.29, 0.717) is 28.5 Å². The van der Waals surface area contributed by atoms with Crippen molar-refractivity contribution in [2.75, 3.05) is 16.0 Å². The highest BCUT2D eigenvalue weighted by Crippen LogP contribution is 2.49. The molecule has 0 radical (unpaired) electrons. The van der Waals surface area contributed by atoms with Gasteiger partial charge < -0.3 is 16.0 Å². The Labute approximate surface area is 425 Å². The van der Waals surface area contributed by atoms with Crippen molar-refractivity contribution in [2.24, 2.45) is 20.5 Å². The van der Waals surface area contributed by atoms with Crippen LogP contribution in [0.3, 0.4) is 0 Å². The van der Waals surface area contributed by atoms with Crippen LogP contribution in [0.5, 0.6) is 0 Å². The standard InChI is InChI=1S/C47H32Cl2N10O9S4/c1-26-36(23-50)44(54-32-17-18-38(49)41(21-32)72(66,67)68)55-45(53-30-15-13-29(48)14-16-30)43(26)57-58-46-37(24-51)42(28-9-5-10-31(19-28)52-25-27-7-3-2-4-8-27)47(69-46)59-56-33-20-35-34(40(22-33)71(63,64)65)11-6-12-39(35)70(60,61)62/h2-22,52H,25H2,1H3,(H2,53,54,55)(H,60,61,62)(H,63,64,65)(H,66,67,68)/b58-57?,59-56+. The van der Waals surface area contributed by atoms with Crippen LogP contribution < -0.4 is 16.0 Å². The fourth-order valence-corrected chi connectivity index (χ4v) is 10.7. The van der Waals surface area contributed by atoms with Gasteiger partial charge in [-0.2, -0.15) is 35.8 Å². The maximum Gasteiger partial charge on any atom is 0.296 e. The van der Waals surface area contributed by atoms with Gasteiger partial charge in [-0.3, -0.25) is 13.7 Å². The molecular weight excluding hydrogens is 1050 g/mol. The van der Waals surface area contributed by atoms with Crippen molar-refractivity contribution in [1.82, 2.24) is 4.98 Å². The summed E-state index contributed by atoms with van der Waals surface area (Å²) in [4.78, 5) is 2.65. The van der Waals surface area contributed by atoms with Crippen molar-refractivity contribution in [3.63, 3.8) is 0 Å². The van der Waals surface area contributed by atoms with E-state index in [9.17, 15) is 49.4 Å². The number of halogens is 2. The maximum atomic E-state index is 12.6. The summed E-state index contributed by atoms with van der Waals surface area (Å²) in [5.41, 5.74) is 2.69. The average Bonchev–Trinajstić information content (AvgIpc) is 3.70. The zero-order valence-corrected chi connectivity index (χ0v) is 41.4. The molecule has 8 aromatic rings. The van der Waals surface area contributed by atoms with E-state index in [2.05, 4.69) is 53.5 Å². The lowest BCUT2D eigenvalue weighted by Gasteiger charge is -2.16. The predicted octanol–water partition coefficient (Wildman–Crippen LogP) is 13.0. The molecule has 19 nitrogen and oxygen atoms in total. The third kappa shape index (κ3) is 11.3. The first-order valence-corrected chi connectivity index (χ1v) is 26.4. The molecule has 0 fully saturated rings. The Kier molecular flexibility index (Phi) is 14.5. The summed E-state index contributed by atoms with van der Waals surface area (Å²) in [5.74, 6) is -0.0465. The molecule has 0 spiro atoms. The van der Waals surface area contributed by atoms with E-state index in [-0.39, 0.29) is 76.7 Å². The molecular formula is C47H32Cl2N10O9S4. The molecule has 6 aromatic carbocycles. The molecule has 0 saturated carbocycles. The van der Waals surface area contributed by atoms with Crippen LogP contribution in [0.15, 0.2) is 163 Å². The van der Waals surface area contributed by atoms with Gasteiger partial charge in [0.1, 0.15) is 43.1 Å². The summed E-state index contributed by atoms with van der Waals surface area (Å²) < 4.78 is 104. The normalized spacial score (nSPS) is 12.0.